The van der Waals surface area contributed by atoms with Crippen LogP contribution in [0.4, 0.5) is 13.3 Å². The summed E-state index contributed by atoms with van der Waals surface area (Å²) in [7, 11) is -1.69. The van der Waals surface area contributed by atoms with Crippen molar-refractivity contribution in [2.45, 2.75) is 16.3 Å². The van der Waals surface area contributed by atoms with Crippen molar-refractivity contribution in [1.29, 1.82) is 0 Å². The Bertz CT molecular complexity index is 479. The molecular formula is C10H8BrF3O3S. The normalized spacial score (nSPS) is 18.4. The van der Waals surface area contributed by atoms with E-state index in [4.69, 9.17) is 4.74 Å². The Hall–Kier alpha value is -0.440. The van der Waals surface area contributed by atoms with Crippen molar-refractivity contribution in [3.05, 3.63) is 28.2 Å². The number of benzene rings is 1. The highest BCUT2D eigenvalue weighted by Gasteiger charge is 2.40. The van der Waals surface area contributed by atoms with E-state index in [9.17, 15) is 17.5 Å². The molecule has 8 heteroatoms. The van der Waals surface area contributed by atoms with Crippen LogP contribution in [0.25, 0.3) is 0 Å². The lowest BCUT2D eigenvalue weighted by molar-refractivity contribution is -0.365. The summed E-state index contributed by atoms with van der Waals surface area (Å²) < 4.78 is 55.8. The molecule has 1 aromatic carbocycles. The van der Waals surface area contributed by atoms with Gasteiger partial charge < -0.3 is 4.74 Å². The number of alkyl halides is 2. The molecule has 0 bridgehead atoms. The van der Waals surface area contributed by atoms with Crippen LogP contribution in [0.5, 0.6) is 0 Å². The van der Waals surface area contributed by atoms with Crippen LogP contribution >= 0.6 is 15.9 Å². The zero-order valence-electron chi connectivity index (χ0n) is 8.87. The van der Waals surface area contributed by atoms with Gasteiger partial charge in [-0.3, -0.25) is 4.21 Å². The molecule has 1 atom stereocenters. The summed E-state index contributed by atoms with van der Waals surface area (Å²) in [6, 6.07) is 3.56. The third-order valence-electron chi connectivity index (χ3n) is 2.48. The van der Waals surface area contributed by atoms with Gasteiger partial charge in [0.1, 0.15) is 0 Å². The van der Waals surface area contributed by atoms with E-state index in [1.807, 2.05) is 0 Å². The summed E-state index contributed by atoms with van der Waals surface area (Å²) in [5.74, 6) is 0. The van der Waals surface area contributed by atoms with E-state index in [1.54, 1.807) is 0 Å². The highest BCUT2D eigenvalue weighted by molar-refractivity contribution is 9.10. The Balaban J connectivity index is 2.43. The third kappa shape index (κ3) is 2.61. The molecule has 1 aromatic rings. The van der Waals surface area contributed by atoms with E-state index >= 15 is 0 Å². The second kappa shape index (κ2) is 5.28. The van der Waals surface area contributed by atoms with Gasteiger partial charge in [0, 0.05) is 4.47 Å². The Kier molecular flexibility index (Phi) is 4.10. The first kappa shape index (κ1) is 14.0. The second-order valence-electron chi connectivity index (χ2n) is 3.69. The van der Waals surface area contributed by atoms with Crippen LogP contribution in [0.2, 0.25) is 0 Å². The largest absolute Gasteiger partial charge is 0.414 e. The average molecular weight is 345 g/mol. The smallest absolute Gasteiger partial charge is 0.379 e. The lowest BCUT2D eigenvalue weighted by Gasteiger charge is -2.26. The molecule has 0 aliphatic carbocycles. The highest BCUT2D eigenvalue weighted by atomic mass is 79.9. The van der Waals surface area contributed by atoms with Crippen LogP contribution in [-0.2, 0) is 26.6 Å². The standard InChI is InChI=1S/C10H8BrF3O3S/c11-6-1-2-8(10(12,13)17-14)9(3-6)18(15)7-4-16-5-7/h1-3,7H,4-5H2. The van der Waals surface area contributed by atoms with Crippen LogP contribution in [0.1, 0.15) is 5.56 Å². The summed E-state index contributed by atoms with van der Waals surface area (Å²) >= 11 is 3.10. The van der Waals surface area contributed by atoms with Crippen LogP contribution in [0, 0.1) is 0 Å². The van der Waals surface area contributed by atoms with Crippen molar-refractivity contribution in [3.63, 3.8) is 0 Å². The maximum atomic E-state index is 13.2. The molecule has 0 saturated carbocycles. The summed E-state index contributed by atoms with van der Waals surface area (Å²) in [6.07, 6.45) is -4.11. The first-order chi connectivity index (χ1) is 8.45. The monoisotopic (exact) mass is 344 g/mol. The zero-order chi connectivity index (χ0) is 13.3. The molecule has 0 N–H and O–H groups in total. The minimum absolute atomic E-state index is 0.152. The van der Waals surface area contributed by atoms with Crippen LogP contribution in [0.3, 0.4) is 0 Å². The van der Waals surface area contributed by atoms with Gasteiger partial charge in [-0.05, 0) is 22.7 Å². The minimum atomic E-state index is -4.11. The van der Waals surface area contributed by atoms with E-state index in [0.717, 1.165) is 6.07 Å². The first-order valence-corrected chi connectivity index (χ1v) is 6.92. The van der Waals surface area contributed by atoms with Crippen LogP contribution in [-0.4, -0.2) is 22.7 Å². The first-order valence-electron chi connectivity index (χ1n) is 4.91. The van der Waals surface area contributed by atoms with Gasteiger partial charge in [0.15, 0.2) is 0 Å². The fourth-order valence-electron chi connectivity index (χ4n) is 1.46. The van der Waals surface area contributed by atoms with Crippen molar-refractivity contribution in [3.8, 4) is 0 Å². The Labute approximate surface area is 112 Å². The van der Waals surface area contributed by atoms with Gasteiger partial charge in [-0.1, -0.05) is 15.9 Å². The van der Waals surface area contributed by atoms with Crippen molar-refractivity contribution in [2.75, 3.05) is 13.2 Å². The molecule has 3 nitrogen and oxygen atoms in total. The van der Waals surface area contributed by atoms with Crippen LogP contribution in [0.15, 0.2) is 27.6 Å². The van der Waals surface area contributed by atoms with E-state index < -0.39 is 22.5 Å². The fourth-order valence-corrected chi connectivity index (χ4v) is 3.42. The molecule has 1 fully saturated rings. The average Bonchev–Trinajstić information content (AvgIpc) is 2.26. The Morgan fingerprint density at radius 2 is 2.11 bits per heavy atom. The van der Waals surface area contributed by atoms with Gasteiger partial charge in [0.05, 0.1) is 39.7 Å². The zero-order valence-corrected chi connectivity index (χ0v) is 11.3. The van der Waals surface area contributed by atoms with Gasteiger partial charge >= 0.3 is 6.11 Å². The van der Waals surface area contributed by atoms with Gasteiger partial charge in [-0.25, -0.2) is 0 Å². The van der Waals surface area contributed by atoms with Crippen molar-refractivity contribution in [2.24, 2.45) is 0 Å². The maximum Gasteiger partial charge on any atom is 0.414 e. The lowest BCUT2D eigenvalue weighted by Crippen LogP contribution is -2.38. The van der Waals surface area contributed by atoms with E-state index in [1.165, 1.54) is 12.1 Å². The molecule has 0 amide bonds. The predicted octanol–water partition coefficient (Wildman–Crippen LogP) is 2.91. The molecule has 0 radical (unpaired) electrons. The number of ether oxygens (including phenoxy) is 1. The topological polar surface area (TPSA) is 35.5 Å². The SMILES string of the molecule is O=S(c1cc(Br)ccc1C(F)(F)OF)C1COC1. The molecule has 1 heterocycles. The number of hydrogen-bond donors (Lipinski definition) is 0. The summed E-state index contributed by atoms with van der Waals surface area (Å²) in [4.78, 5) is 2.52. The van der Waals surface area contributed by atoms with Gasteiger partial charge in [-0.2, -0.15) is 8.78 Å². The summed E-state index contributed by atoms with van der Waals surface area (Å²) in [5, 5.41) is -0.353. The fraction of sp³-hybridized carbons (Fsp3) is 0.400. The Morgan fingerprint density at radius 3 is 2.61 bits per heavy atom. The number of rotatable bonds is 4. The molecule has 18 heavy (non-hydrogen) atoms. The number of halogens is 4. The molecule has 1 aliphatic heterocycles. The van der Waals surface area contributed by atoms with Crippen molar-refractivity contribution in [1.82, 2.24) is 0 Å². The van der Waals surface area contributed by atoms with E-state index in [2.05, 4.69) is 20.9 Å². The number of hydrogen-bond acceptors (Lipinski definition) is 3. The molecule has 1 aliphatic rings. The van der Waals surface area contributed by atoms with Gasteiger partial charge in [0.25, 0.3) is 0 Å². The quantitative estimate of drug-likeness (QED) is 0.842. The van der Waals surface area contributed by atoms with Crippen LogP contribution < -0.4 is 0 Å². The molecule has 0 aromatic heterocycles. The third-order valence-corrected chi connectivity index (χ3v) is 4.62. The lowest BCUT2D eigenvalue weighted by atomic mass is 10.2. The van der Waals surface area contributed by atoms with Gasteiger partial charge in [-0.15, -0.1) is 4.94 Å². The molecular weight excluding hydrogens is 337 g/mol. The Morgan fingerprint density at radius 1 is 1.44 bits per heavy atom. The molecule has 0 spiro atoms. The second-order valence-corrected chi connectivity index (χ2v) is 6.31. The van der Waals surface area contributed by atoms with E-state index in [-0.39, 0.29) is 23.4 Å². The maximum absolute atomic E-state index is 13.2. The molecule has 100 valence electrons. The molecule has 2 rings (SSSR count). The van der Waals surface area contributed by atoms with Crippen molar-refractivity contribution < 1.29 is 27.2 Å². The van der Waals surface area contributed by atoms with E-state index in [0.29, 0.717) is 4.47 Å². The van der Waals surface area contributed by atoms with Gasteiger partial charge in [0.2, 0.25) is 0 Å². The predicted molar refractivity (Wildman–Crippen MR) is 61.2 cm³/mol. The summed E-state index contributed by atoms with van der Waals surface area (Å²) in [5.41, 5.74) is -0.738. The summed E-state index contributed by atoms with van der Waals surface area (Å²) in [6.45, 7) is 0.473. The van der Waals surface area contributed by atoms with Crippen molar-refractivity contribution >= 4 is 26.7 Å². The molecule has 1 saturated heterocycles. The minimum Gasteiger partial charge on any atom is -0.379 e. The highest BCUT2D eigenvalue weighted by Crippen LogP contribution is 2.36. The molecule has 1 unspecified atom stereocenters.